The van der Waals surface area contributed by atoms with Crippen molar-refractivity contribution in [2.24, 2.45) is 0 Å². The highest BCUT2D eigenvalue weighted by Crippen LogP contribution is 2.33. The smallest absolute Gasteiger partial charge is 0.334 e. The van der Waals surface area contributed by atoms with Crippen LogP contribution in [0.3, 0.4) is 0 Å². The van der Waals surface area contributed by atoms with Crippen LogP contribution in [0.15, 0.2) is 18.2 Å². The third-order valence-electron chi connectivity index (χ3n) is 2.08. The Morgan fingerprint density at radius 1 is 0.941 bits per heavy atom. The summed E-state index contributed by atoms with van der Waals surface area (Å²) < 4.78 is 73.6. The number of aromatic amines is 1. The lowest BCUT2D eigenvalue weighted by molar-refractivity contribution is -0.144. The predicted octanol–water partition coefficient (Wildman–Crippen LogP) is 3.60. The van der Waals surface area contributed by atoms with Gasteiger partial charge in [-0.15, -0.1) is 0 Å². The molecule has 0 unspecified atom stereocenters. The first-order chi connectivity index (χ1) is 7.68. The van der Waals surface area contributed by atoms with Crippen molar-refractivity contribution < 1.29 is 26.3 Å². The number of imidazole rings is 1. The predicted molar refractivity (Wildman–Crippen MR) is 46.1 cm³/mol. The molecule has 0 amide bonds. The van der Waals surface area contributed by atoms with Crippen LogP contribution in [-0.4, -0.2) is 9.97 Å². The van der Waals surface area contributed by atoms with Gasteiger partial charge in [0.2, 0.25) is 5.82 Å². The third-order valence-corrected chi connectivity index (χ3v) is 2.08. The van der Waals surface area contributed by atoms with Crippen molar-refractivity contribution in [3.05, 3.63) is 29.6 Å². The number of H-pyrrole nitrogens is 1. The second-order valence-corrected chi connectivity index (χ2v) is 3.31. The number of nitrogens with one attached hydrogen (secondary N) is 1. The van der Waals surface area contributed by atoms with E-state index in [4.69, 9.17) is 0 Å². The van der Waals surface area contributed by atoms with Crippen molar-refractivity contribution in [3.8, 4) is 0 Å². The van der Waals surface area contributed by atoms with E-state index in [-0.39, 0.29) is 11.0 Å². The molecule has 92 valence electrons. The largest absolute Gasteiger partial charge is 0.449 e. The topological polar surface area (TPSA) is 28.7 Å². The Morgan fingerprint density at radius 3 is 2.12 bits per heavy atom. The minimum atomic E-state index is -4.71. The van der Waals surface area contributed by atoms with E-state index in [0.29, 0.717) is 12.1 Å². The van der Waals surface area contributed by atoms with Gasteiger partial charge in [0.1, 0.15) is 0 Å². The summed E-state index contributed by atoms with van der Waals surface area (Å²) in [6, 6.07) is 2.17. The normalized spacial score (nSPS) is 13.3. The number of rotatable bonds is 0. The number of nitrogens with zero attached hydrogens (tertiary/aromatic N) is 1. The van der Waals surface area contributed by atoms with E-state index in [2.05, 4.69) is 4.98 Å². The SMILES string of the molecule is FC(F)(F)c1ccc2nc(C(F)(F)F)[nH]c2c1. The first-order valence-electron chi connectivity index (χ1n) is 4.32. The first-order valence-corrected chi connectivity index (χ1v) is 4.32. The van der Waals surface area contributed by atoms with Gasteiger partial charge in [0.05, 0.1) is 16.6 Å². The molecule has 1 heterocycles. The molecule has 1 aromatic carbocycles. The fraction of sp³-hybridized carbons (Fsp3) is 0.222. The van der Waals surface area contributed by atoms with Gasteiger partial charge < -0.3 is 4.98 Å². The molecule has 2 nitrogen and oxygen atoms in total. The third kappa shape index (κ3) is 2.20. The van der Waals surface area contributed by atoms with Crippen molar-refractivity contribution in [2.75, 3.05) is 0 Å². The van der Waals surface area contributed by atoms with Gasteiger partial charge in [-0.2, -0.15) is 26.3 Å². The lowest BCUT2D eigenvalue weighted by atomic mass is 10.2. The summed E-state index contributed by atoms with van der Waals surface area (Å²) in [5.41, 5.74) is -1.49. The quantitative estimate of drug-likeness (QED) is 0.715. The molecule has 8 heteroatoms. The van der Waals surface area contributed by atoms with Crippen LogP contribution in [0.25, 0.3) is 11.0 Å². The van der Waals surface area contributed by atoms with Crippen LogP contribution in [-0.2, 0) is 12.4 Å². The van der Waals surface area contributed by atoms with Crippen molar-refractivity contribution >= 4 is 11.0 Å². The maximum Gasteiger partial charge on any atom is 0.449 e. The van der Waals surface area contributed by atoms with Gasteiger partial charge in [0.25, 0.3) is 0 Å². The molecule has 0 spiro atoms. The van der Waals surface area contributed by atoms with E-state index >= 15 is 0 Å². The Morgan fingerprint density at radius 2 is 1.59 bits per heavy atom. The van der Waals surface area contributed by atoms with Gasteiger partial charge >= 0.3 is 12.4 Å². The molecule has 1 N–H and O–H groups in total. The van der Waals surface area contributed by atoms with Crippen LogP contribution in [0.2, 0.25) is 0 Å². The van der Waals surface area contributed by atoms with Gasteiger partial charge in [0, 0.05) is 0 Å². The van der Waals surface area contributed by atoms with E-state index in [9.17, 15) is 26.3 Å². The van der Waals surface area contributed by atoms with Gasteiger partial charge in [-0.1, -0.05) is 0 Å². The molecule has 0 aliphatic heterocycles. The van der Waals surface area contributed by atoms with E-state index in [1.807, 2.05) is 4.98 Å². The molecule has 0 radical (unpaired) electrons. The van der Waals surface area contributed by atoms with Crippen LogP contribution >= 0.6 is 0 Å². The van der Waals surface area contributed by atoms with Crippen LogP contribution < -0.4 is 0 Å². The molecule has 0 fully saturated rings. The highest BCUT2D eigenvalue weighted by atomic mass is 19.4. The lowest BCUT2D eigenvalue weighted by Crippen LogP contribution is -2.06. The summed E-state index contributed by atoms with van der Waals surface area (Å²) in [4.78, 5) is 4.97. The van der Waals surface area contributed by atoms with Crippen molar-refractivity contribution in [3.63, 3.8) is 0 Å². The Balaban J connectivity index is 2.56. The fourth-order valence-corrected chi connectivity index (χ4v) is 1.32. The number of hydrogen-bond donors (Lipinski definition) is 1. The molecule has 1 aromatic heterocycles. The highest BCUT2D eigenvalue weighted by molar-refractivity contribution is 5.76. The molecule has 0 bridgehead atoms. The maximum absolute atomic E-state index is 12.3. The molecular formula is C9H4F6N2. The van der Waals surface area contributed by atoms with Crippen LogP contribution in [0.5, 0.6) is 0 Å². The zero-order chi connectivity index (χ0) is 12.8. The van der Waals surface area contributed by atoms with Crippen LogP contribution in [0, 0.1) is 0 Å². The molecule has 0 saturated heterocycles. The van der Waals surface area contributed by atoms with Gasteiger partial charge in [-0.25, -0.2) is 4.98 Å². The second-order valence-electron chi connectivity index (χ2n) is 3.31. The number of fused-ring (bicyclic) bond motifs is 1. The second kappa shape index (κ2) is 3.38. The van der Waals surface area contributed by atoms with E-state index in [1.165, 1.54) is 0 Å². The number of alkyl halides is 6. The zero-order valence-electron chi connectivity index (χ0n) is 7.95. The van der Waals surface area contributed by atoms with Gasteiger partial charge in [0.15, 0.2) is 0 Å². The summed E-state index contributed by atoms with van der Waals surface area (Å²) in [6.45, 7) is 0. The van der Waals surface area contributed by atoms with Gasteiger partial charge in [-0.05, 0) is 18.2 Å². The minimum absolute atomic E-state index is 0.162. The Hall–Kier alpha value is -1.73. The lowest BCUT2D eigenvalue weighted by Gasteiger charge is -2.05. The maximum atomic E-state index is 12.3. The molecule has 0 saturated carbocycles. The van der Waals surface area contributed by atoms with Crippen molar-refractivity contribution in [1.29, 1.82) is 0 Å². The number of halogens is 6. The standard InChI is InChI=1S/C9H4F6N2/c10-8(11,12)4-1-2-5-6(3-4)17-7(16-5)9(13,14)15/h1-3H,(H,16,17). The molecule has 0 atom stereocenters. The van der Waals surface area contributed by atoms with Crippen LogP contribution in [0.4, 0.5) is 26.3 Å². The van der Waals surface area contributed by atoms with Crippen molar-refractivity contribution in [1.82, 2.24) is 9.97 Å². The minimum Gasteiger partial charge on any atom is -0.334 e. The Labute approximate surface area is 90.3 Å². The molecule has 2 rings (SSSR count). The summed E-state index contributed by atoms with van der Waals surface area (Å²) in [5, 5.41) is 0. The average molecular weight is 254 g/mol. The molecular weight excluding hydrogens is 250 g/mol. The Bertz CT molecular complexity index is 539. The zero-order valence-corrected chi connectivity index (χ0v) is 7.95. The summed E-state index contributed by atoms with van der Waals surface area (Å²) in [6.07, 6.45) is -9.31. The highest BCUT2D eigenvalue weighted by Gasteiger charge is 2.35. The fourth-order valence-electron chi connectivity index (χ4n) is 1.32. The average Bonchev–Trinajstić information content (AvgIpc) is 2.57. The van der Waals surface area contributed by atoms with Gasteiger partial charge in [-0.3, -0.25) is 0 Å². The number of aromatic nitrogens is 2. The molecule has 17 heavy (non-hydrogen) atoms. The Kier molecular flexibility index (Phi) is 2.33. The first kappa shape index (κ1) is 11.7. The van der Waals surface area contributed by atoms with E-state index in [0.717, 1.165) is 6.07 Å². The number of hydrogen-bond acceptors (Lipinski definition) is 1. The van der Waals surface area contributed by atoms with E-state index < -0.39 is 23.7 Å². The summed E-state index contributed by atoms with van der Waals surface area (Å²) in [7, 11) is 0. The van der Waals surface area contributed by atoms with Crippen LogP contribution in [0.1, 0.15) is 11.4 Å². The van der Waals surface area contributed by atoms with Crippen molar-refractivity contribution in [2.45, 2.75) is 12.4 Å². The summed E-state index contributed by atoms with van der Waals surface area (Å²) >= 11 is 0. The monoisotopic (exact) mass is 254 g/mol. The molecule has 2 aromatic rings. The number of benzene rings is 1. The molecule has 0 aliphatic carbocycles. The van der Waals surface area contributed by atoms with E-state index in [1.54, 1.807) is 0 Å². The summed E-state index contributed by atoms with van der Waals surface area (Å²) in [5.74, 6) is -1.31. The molecule has 0 aliphatic rings.